The molecular weight excluding hydrogens is 196 g/mol. The van der Waals surface area contributed by atoms with Crippen molar-refractivity contribution in [2.24, 2.45) is 11.5 Å². The zero-order valence-electron chi connectivity index (χ0n) is 9.19. The van der Waals surface area contributed by atoms with Gasteiger partial charge in [-0.15, -0.1) is 0 Å². The van der Waals surface area contributed by atoms with Gasteiger partial charge in [0.15, 0.2) is 0 Å². The Morgan fingerprint density at radius 2 is 1.81 bits per heavy atom. The zero-order chi connectivity index (χ0) is 11.4. The molecule has 2 heteroatoms. The Balaban J connectivity index is 2.48. The van der Waals surface area contributed by atoms with E-state index in [0.29, 0.717) is 6.54 Å². The summed E-state index contributed by atoms with van der Waals surface area (Å²) in [5.41, 5.74) is 13.4. The molecule has 0 aromatic heterocycles. The molecule has 0 fully saturated rings. The van der Waals surface area contributed by atoms with Crippen molar-refractivity contribution in [2.75, 3.05) is 6.54 Å². The number of benzene rings is 2. The zero-order valence-corrected chi connectivity index (χ0v) is 9.19. The van der Waals surface area contributed by atoms with E-state index in [-0.39, 0.29) is 0 Å². The van der Waals surface area contributed by atoms with Gasteiger partial charge < -0.3 is 11.5 Å². The van der Waals surface area contributed by atoms with Gasteiger partial charge in [-0.3, -0.25) is 0 Å². The average Bonchev–Trinajstić information content (AvgIpc) is 2.30. The van der Waals surface area contributed by atoms with Gasteiger partial charge in [0.2, 0.25) is 0 Å². The third kappa shape index (κ3) is 2.23. The van der Waals surface area contributed by atoms with E-state index in [1.165, 1.54) is 10.8 Å². The average molecular weight is 212 g/mol. The predicted molar refractivity (Wildman–Crippen MR) is 69.8 cm³/mol. The number of hydrogen-bond donors (Lipinski definition) is 2. The minimum Gasteiger partial charge on any atom is -0.402 e. The number of fused-ring (bicyclic) bond motifs is 1. The molecule has 0 unspecified atom stereocenters. The molecule has 4 N–H and O–H groups in total. The highest BCUT2D eigenvalue weighted by molar-refractivity contribution is 5.90. The number of hydrogen-bond acceptors (Lipinski definition) is 2. The quantitative estimate of drug-likeness (QED) is 0.821. The van der Waals surface area contributed by atoms with Crippen molar-refractivity contribution in [3.05, 3.63) is 53.7 Å². The van der Waals surface area contributed by atoms with Crippen molar-refractivity contribution in [1.29, 1.82) is 0 Å². The summed E-state index contributed by atoms with van der Waals surface area (Å²) in [7, 11) is 0. The van der Waals surface area contributed by atoms with Gasteiger partial charge in [0.05, 0.1) is 0 Å². The van der Waals surface area contributed by atoms with Gasteiger partial charge in [0, 0.05) is 5.70 Å². The minimum atomic E-state index is 0.590. The Morgan fingerprint density at radius 3 is 2.62 bits per heavy atom. The summed E-state index contributed by atoms with van der Waals surface area (Å²) < 4.78 is 0. The second-order valence-corrected chi connectivity index (χ2v) is 3.83. The van der Waals surface area contributed by atoms with Crippen LogP contribution >= 0.6 is 0 Å². The summed E-state index contributed by atoms with van der Waals surface area (Å²) in [6, 6.07) is 14.5. The van der Waals surface area contributed by atoms with Gasteiger partial charge in [-0.25, -0.2) is 0 Å². The van der Waals surface area contributed by atoms with Gasteiger partial charge >= 0.3 is 0 Å². The third-order valence-electron chi connectivity index (χ3n) is 2.60. The van der Waals surface area contributed by atoms with Crippen molar-refractivity contribution >= 4 is 16.8 Å². The van der Waals surface area contributed by atoms with Crippen LogP contribution in [0.4, 0.5) is 0 Å². The van der Waals surface area contributed by atoms with E-state index < -0.39 is 0 Å². The van der Waals surface area contributed by atoms with Crippen LogP contribution in [0.5, 0.6) is 0 Å². The van der Waals surface area contributed by atoms with Crippen molar-refractivity contribution in [3.63, 3.8) is 0 Å². The lowest BCUT2D eigenvalue weighted by molar-refractivity contribution is 0.943. The summed E-state index contributed by atoms with van der Waals surface area (Å²) in [6.07, 6.45) is 2.75. The van der Waals surface area contributed by atoms with E-state index in [1.54, 1.807) is 0 Å². The molecule has 0 aliphatic carbocycles. The lowest BCUT2D eigenvalue weighted by atomic mass is 10.0. The lowest BCUT2D eigenvalue weighted by Gasteiger charge is -2.03. The van der Waals surface area contributed by atoms with Crippen molar-refractivity contribution in [3.8, 4) is 0 Å². The number of nitrogens with two attached hydrogens (primary N) is 2. The summed E-state index contributed by atoms with van der Waals surface area (Å²) in [4.78, 5) is 0. The Morgan fingerprint density at radius 1 is 1.06 bits per heavy atom. The second kappa shape index (κ2) is 4.81. The van der Waals surface area contributed by atoms with Crippen molar-refractivity contribution in [2.45, 2.75) is 6.42 Å². The van der Waals surface area contributed by atoms with Crippen LogP contribution in [0.3, 0.4) is 0 Å². The van der Waals surface area contributed by atoms with Gasteiger partial charge in [-0.2, -0.15) is 0 Å². The molecule has 82 valence electrons. The standard InChI is InChI=1S/C14H16N2/c15-9-8-13(16)10-12-6-3-5-11-4-1-2-7-14(11)12/h1-7,10H,8-9,15-16H2/b13-10+. The van der Waals surface area contributed by atoms with Crippen molar-refractivity contribution in [1.82, 2.24) is 0 Å². The molecule has 0 radical (unpaired) electrons. The predicted octanol–water partition coefficient (Wildman–Crippen LogP) is 2.49. The van der Waals surface area contributed by atoms with Crippen LogP contribution in [-0.4, -0.2) is 6.54 Å². The van der Waals surface area contributed by atoms with Crippen LogP contribution in [0.15, 0.2) is 48.2 Å². The normalized spacial score (nSPS) is 11.9. The molecule has 0 atom stereocenters. The van der Waals surface area contributed by atoms with Crippen molar-refractivity contribution < 1.29 is 0 Å². The van der Waals surface area contributed by atoms with E-state index in [4.69, 9.17) is 11.5 Å². The molecule has 0 spiro atoms. The van der Waals surface area contributed by atoms with E-state index >= 15 is 0 Å². The van der Waals surface area contributed by atoms with Gasteiger partial charge in [-0.05, 0) is 35.4 Å². The molecular formula is C14H16N2. The van der Waals surface area contributed by atoms with Crippen LogP contribution in [0.1, 0.15) is 12.0 Å². The fourth-order valence-corrected chi connectivity index (χ4v) is 1.81. The molecule has 0 saturated heterocycles. The molecule has 16 heavy (non-hydrogen) atoms. The minimum absolute atomic E-state index is 0.590. The molecule has 0 amide bonds. The Hall–Kier alpha value is -1.80. The fraction of sp³-hybridized carbons (Fsp3) is 0.143. The topological polar surface area (TPSA) is 52.0 Å². The summed E-state index contributed by atoms with van der Waals surface area (Å²) in [6.45, 7) is 0.590. The molecule has 2 aromatic carbocycles. The van der Waals surface area contributed by atoms with E-state index in [0.717, 1.165) is 17.7 Å². The second-order valence-electron chi connectivity index (χ2n) is 3.83. The SMILES string of the molecule is NCC/C(N)=C\c1cccc2ccccc12. The maximum Gasteiger partial charge on any atom is 0.00993 e. The van der Waals surface area contributed by atoms with Crippen LogP contribution in [0.25, 0.3) is 16.8 Å². The lowest BCUT2D eigenvalue weighted by Crippen LogP contribution is -2.05. The molecule has 2 nitrogen and oxygen atoms in total. The molecule has 2 aromatic rings. The Kier molecular flexibility index (Phi) is 3.22. The molecule has 0 bridgehead atoms. The smallest absolute Gasteiger partial charge is 0.00993 e. The molecule has 0 heterocycles. The highest BCUT2D eigenvalue weighted by Crippen LogP contribution is 2.20. The first-order chi connectivity index (χ1) is 7.81. The van der Waals surface area contributed by atoms with Gasteiger partial charge in [0.1, 0.15) is 0 Å². The summed E-state index contributed by atoms with van der Waals surface area (Å²) in [5, 5.41) is 2.46. The monoisotopic (exact) mass is 212 g/mol. The fourth-order valence-electron chi connectivity index (χ4n) is 1.81. The van der Waals surface area contributed by atoms with Crippen LogP contribution < -0.4 is 11.5 Å². The van der Waals surface area contributed by atoms with Crippen LogP contribution in [-0.2, 0) is 0 Å². The first-order valence-electron chi connectivity index (χ1n) is 5.45. The van der Waals surface area contributed by atoms with E-state index in [1.807, 2.05) is 24.3 Å². The van der Waals surface area contributed by atoms with E-state index in [9.17, 15) is 0 Å². The maximum atomic E-state index is 5.89. The highest BCUT2D eigenvalue weighted by Gasteiger charge is 1.97. The maximum absolute atomic E-state index is 5.89. The van der Waals surface area contributed by atoms with Gasteiger partial charge in [-0.1, -0.05) is 42.5 Å². The first kappa shape index (κ1) is 10.7. The van der Waals surface area contributed by atoms with E-state index in [2.05, 4.69) is 24.3 Å². The molecule has 0 aliphatic rings. The summed E-state index contributed by atoms with van der Waals surface area (Å²) >= 11 is 0. The van der Waals surface area contributed by atoms with Crippen LogP contribution in [0, 0.1) is 0 Å². The molecule has 0 aliphatic heterocycles. The van der Waals surface area contributed by atoms with Gasteiger partial charge in [0.25, 0.3) is 0 Å². The molecule has 0 saturated carbocycles. The first-order valence-corrected chi connectivity index (χ1v) is 5.45. The molecule has 2 rings (SSSR count). The summed E-state index contributed by atoms with van der Waals surface area (Å²) in [5.74, 6) is 0. The van der Waals surface area contributed by atoms with Crippen LogP contribution in [0.2, 0.25) is 0 Å². The Labute approximate surface area is 95.6 Å². The largest absolute Gasteiger partial charge is 0.402 e. The number of rotatable bonds is 3. The Bertz CT molecular complexity index is 510. The third-order valence-corrected chi connectivity index (χ3v) is 2.60. The highest BCUT2D eigenvalue weighted by atomic mass is 14.6.